The minimum absolute atomic E-state index is 0.0255. The van der Waals surface area contributed by atoms with E-state index in [4.69, 9.17) is 22.4 Å². The first-order valence-electron chi connectivity index (χ1n) is 10.1. The molecule has 1 aliphatic heterocycles. The topological polar surface area (TPSA) is 82.7 Å². The highest BCUT2D eigenvalue weighted by molar-refractivity contribution is 6.31. The summed E-state index contributed by atoms with van der Waals surface area (Å²) in [5.74, 6) is 0. The molecule has 1 aliphatic carbocycles. The van der Waals surface area contributed by atoms with Crippen LogP contribution in [0, 0.1) is 0 Å². The maximum Gasteiger partial charge on any atom is 0.314 e. The predicted molar refractivity (Wildman–Crippen MR) is 114 cm³/mol. The molecule has 3 N–H and O–H groups in total. The number of piperazine rings is 1. The Kier molecular flexibility index (Phi) is 7.34. The Morgan fingerprint density at radius 2 is 1.75 bits per heavy atom. The lowest BCUT2D eigenvalue weighted by atomic mass is 10.1. The summed E-state index contributed by atoms with van der Waals surface area (Å²) < 4.78 is 0. The van der Waals surface area contributed by atoms with Gasteiger partial charge in [-0.2, -0.15) is 0 Å². The van der Waals surface area contributed by atoms with Gasteiger partial charge in [-0.15, -0.1) is 0 Å². The number of aromatic nitrogens is 1. The zero-order valence-electron chi connectivity index (χ0n) is 16.2. The van der Waals surface area contributed by atoms with E-state index >= 15 is 0 Å². The first-order valence-corrected chi connectivity index (χ1v) is 10.4. The van der Waals surface area contributed by atoms with Gasteiger partial charge in [0.1, 0.15) is 0 Å². The van der Waals surface area contributed by atoms with Crippen molar-refractivity contribution in [3.05, 3.63) is 35.5 Å². The molecule has 0 atom stereocenters. The van der Waals surface area contributed by atoms with Crippen LogP contribution in [0.5, 0.6) is 0 Å². The first-order chi connectivity index (χ1) is 13.5. The van der Waals surface area contributed by atoms with E-state index in [0.29, 0.717) is 18.1 Å². The minimum atomic E-state index is -0.351. The molecule has 2 heterocycles. The highest BCUT2D eigenvalue weighted by Crippen LogP contribution is 2.28. The number of benzene rings is 1. The largest absolute Gasteiger partial charge is 0.393 e. The van der Waals surface area contributed by atoms with Crippen LogP contribution in [0.15, 0.2) is 30.5 Å². The van der Waals surface area contributed by atoms with Gasteiger partial charge in [-0.25, -0.2) is 4.79 Å². The lowest BCUT2D eigenvalue weighted by Crippen LogP contribution is -2.50. The number of urea groups is 1. The van der Waals surface area contributed by atoms with Crippen molar-refractivity contribution in [1.29, 1.82) is 0 Å². The molecule has 0 radical (unpaired) electrons. The Labute approximate surface area is 171 Å². The summed E-state index contributed by atoms with van der Waals surface area (Å²) in [5.41, 5.74) is 7.31. The van der Waals surface area contributed by atoms with Crippen LogP contribution in [0.3, 0.4) is 0 Å². The number of halogens is 1. The van der Waals surface area contributed by atoms with Crippen LogP contribution in [-0.4, -0.2) is 53.3 Å². The third kappa shape index (κ3) is 5.49. The Balaban J connectivity index is 0.000000236. The molecule has 4 rings (SSSR count). The van der Waals surface area contributed by atoms with Gasteiger partial charge in [-0.3, -0.25) is 4.98 Å². The number of anilines is 1. The number of carbonyl (C=O) groups excluding carboxylic acids is 1. The Bertz CT molecular complexity index is 785. The van der Waals surface area contributed by atoms with Gasteiger partial charge in [-0.1, -0.05) is 37.3 Å². The standard InChI is InChI=1S/C14H15ClN4O.C7H14O/c15-10-1-2-11-12(9-10)17-4-3-13(11)18-5-7-19(8-6-18)14(16)20;8-7-5-3-1-2-4-6-7/h1-4,9H,5-8H2,(H2,16,20);7-8H,1-6H2. The highest BCUT2D eigenvalue weighted by atomic mass is 35.5. The van der Waals surface area contributed by atoms with Gasteiger partial charge in [-0.05, 0) is 37.1 Å². The Morgan fingerprint density at radius 3 is 2.39 bits per heavy atom. The summed E-state index contributed by atoms with van der Waals surface area (Å²) in [7, 11) is 0. The second-order valence-electron chi connectivity index (χ2n) is 7.45. The molecular weight excluding hydrogens is 376 g/mol. The van der Waals surface area contributed by atoms with Crippen LogP contribution < -0.4 is 10.6 Å². The maximum absolute atomic E-state index is 11.2. The number of nitrogens with two attached hydrogens (primary N) is 1. The molecule has 1 saturated carbocycles. The number of primary amides is 1. The molecule has 152 valence electrons. The van der Waals surface area contributed by atoms with Gasteiger partial charge in [0.15, 0.2) is 0 Å². The average molecular weight is 405 g/mol. The second kappa shape index (κ2) is 9.94. The number of aliphatic hydroxyl groups is 1. The van der Waals surface area contributed by atoms with Crippen molar-refractivity contribution in [2.45, 2.75) is 44.6 Å². The van der Waals surface area contributed by atoms with Gasteiger partial charge in [0.05, 0.1) is 11.6 Å². The minimum Gasteiger partial charge on any atom is -0.393 e. The van der Waals surface area contributed by atoms with Crippen LogP contribution in [0.25, 0.3) is 10.9 Å². The number of amides is 2. The smallest absolute Gasteiger partial charge is 0.314 e. The maximum atomic E-state index is 11.2. The average Bonchev–Trinajstić information content (AvgIpc) is 2.95. The van der Waals surface area contributed by atoms with E-state index in [9.17, 15) is 4.79 Å². The molecule has 6 nitrogen and oxygen atoms in total. The second-order valence-corrected chi connectivity index (χ2v) is 7.89. The summed E-state index contributed by atoms with van der Waals surface area (Å²) in [6, 6.07) is 7.36. The van der Waals surface area contributed by atoms with Crippen molar-refractivity contribution in [3.63, 3.8) is 0 Å². The molecular formula is C21H29ClN4O2. The summed E-state index contributed by atoms with van der Waals surface area (Å²) >= 11 is 6.00. The highest BCUT2D eigenvalue weighted by Gasteiger charge is 2.20. The Hall–Kier alpha value is -2.05. The molecule has 28 heavy (non-hydrogen) atoms. The number of hydrogen-bond donors (Lipinski definition) is 2. The van der Waals surface area contributed by atoms with E-state index in [2.05, 4.69) is 9.88 Å². The van der Waals surface area contributed by atoms with Gasteiger partial charge in [0.25, 0.3) is 0 Å². The SMILES string of the molecule is NC(=O)N1CCN(c2ccnc3cc(Cl)ccc23)CC1.OC1CCCCCC1. The number of aliphatic hydroxyl groups excluding tert-OH is 1. The monoisotopic (exact) mass is 404 g/mol. The Morgan fingerprint density at radius 1 is 1.07 bits per heavy atom. The van der Waals surface area contributed by atoms with Gasteiger partial charge >= 0.3 is 6.03 Å². The van der Waals surface area contributed by atoms with Crippen molar-refractivity contribution in [1.82, 2.24) is 9.88 Å². The summed E-state index contributed by atoms with van der Waals surface area (Å²) in [5, 5.41) is 10.8. The molecule has 1 saturated heterocycles. The number of nitrogens with zero attached hydrogens (tertiary/aromatic N) is 3. The van der Waals surface area contributed by atoms with E-state index in [1.165, 1.54) is 25.7 Å². The number of fused-ring (bicyclic) bond motifs is 1. The normalized spacial score (nSPS) is 18.4. The lowest BCUT2D eigenvalue weighted by Gasteiger charge is -2.35. The molecule has 1 aromatic heterocycles. The molecule has 1 aromatic carbocycles. The van der Waals surface area contributed by atoms with Crippen molar-refractivity contribution in [3.8, 4) is 0 Å². The van der Waals surface area contributed by atoms with E-state index in [1.54, 1.807) is 11.1 Å². The number of hydrogen-bond acceptors (Lipinski definition) is 4. The molecule has 0 spiro atoms. The van der Waals surface area contributed by atoms with Crippen molar-refractivity contribution >= 4 is 34.2 Å². The van der Waals surface area contributed by atoms with Crippen molar-refractivity contribution in [2.75, 3.05) is 31.1 Å². The predicted octanol–water partition coefficient (Wildman–Crippen LogP) is 3.79. The molecule has 2 aromatic rings. The summed E-state index contributed by atoms with van der Waals surface area (Å²) in [6.45, 7) is 2.83. The fourth-order valence-electron chi connectivity index (χ4n) is 3.81. The lowest BCUT2D eigenvalue weighted by molar-refractivity contribution is 0.157. The van der Waals surface area contributed by atoms with Crippen LogP contribution >= 0.6 is 11.6 Å². The summed E-state index contributed by atoms with van der Waals surface area (Å²) in [4.78, 5) is 19.4. The number of pyridine rings is 1. The van der Waals surface area contributed by atoms with Crippen molar-refractivity contribution in [2.24, 2.45) is 5.73 Å². The molecule has 0 unspecified atom stereocenters. The van der Waals surface area contributed by atoms with Gasteiger partial charge in [0.2, 0.25) is 0 Å². The first kappa shape index (κ1) is 20.7. The fourth-order valence-corrected chi connectivity index (χ4v) is 3.97. The molecule has 7 heteroatoms. The fraction of sp³-hybridized carbons (Fsp3) is 0.524. The van der Waals surface area contributed by atoms with Crippen molar-refractivity contribution < 1.29 is 9.90 Å². The molecule has 2 amide bonds. The molecule has 0 bridgehead atoms. The van der Waals surface area contributed by atoms with Gasteiger partial charge in [0, 0.05) is 48.5 Å². The van der Waals surface area contributed by atoms with Crippen LogP contribution in [0.1, 0.15) is 38.5 Å². The van der Waals surface area contributed by atoms with E-state index in [-0.39, 0.29) is 12.1 Å². The zero-order valence-corrected chi connectivity index (χ0v) is 16.9. The zero-order chi connectivity index (χ0) is 19.9. The molecule has 2 fully saturated rings. The quantitative estimate of drug-likeness (QED) is 0.708. The van der Waals surface area contributed by atoms with Crippen LogP contribution in [0.4, 0.5) is 10.5 Å². The third-order valence-corrected chi connectivity index (χ3v) is 5.67. The van der Waals surface area contributed by atoms with E-state index in [0.717, 1.165) is 42.5 Å². The third-order valence-electron chi connectivity index (χ3n) is 5.44. The number of carbonyl (C=O) groups is 1. The van der Waals surface area contributed by atoms with E-state index < -0.39 is 0 Å². The van der Waals surface area contributed by atoms with Crippen LogP contribution in [0.2, 0.25) is 5.02 Å². The van der Waals surface area contributed by atoms with E-state index in [1.807, 2.05) is 24.3 Å². The van der Waals surface area contributed by atoms with Crippen LogP contribution in [-0.2, 0) is 0 Å². The number of rotatable bonds is 1. The van der Waals surface area contributed by atoms with Gasteiger partial charge < -0.3 is 20.6 Å². The summed E-state index contributed by atoms with van der Waals surface area (Å²) in [6.07, 6.45) is 9.03. The molecule has 2 aliphatic rings.